The monoisotopic (exact) mass is 440 g/mol. The molecule has 0 bridgehead atoms. The highest BCUT2D eigenvalue weighted by Gasteiger charge is 2.36. The maximum Gasteiger partial charge on any atom is 0.228 e. The number of piperidine rings is 1. The number of ether oxygens (including phenoxy) is 1. The SMILES string of the molecule is Cc1nc(C2CCN(C(=O)CC[C@@H]3CCCO3)CC2)nc2c1CCC(=O)N2C1CCCC1. The van der Waals surface area contributed by atoms with Crippen LogP contribution in [0.25, 0.3) is 0 Å². The Balaban J connectivity index is 1.25. The fourth-order valence-corrected chi connectivity index (χ4v) is 5.99. The van der Waals surface area contributed by atoms with Crippen LogP contribution in [0, 0.1) is 6.92 Å². The van der Waals surface area contributed by atoms with Crippen molar-refractivity contribution in [2.45, 2.75) is 102 Å². The molecule has 3 aliphatic heterocycles. The molecule has 3 fully saturated rings. The van der Waals surface area contributed by atoms with Crippen molar-refractivity contribution in [1.29, 1.82) is 0 Å². The molecule has 7 heteroatoms. The van der Waals surface area contributed by atoms with Crippen LogP contribution in [0.2, 0.25) is 0 Å². The molecule has 0 radical (unpaired) electrons. The van der Waals surface area contributed by atoms with Crippen LogP contribution in [-0.2, 0) is 20.7 Å². The van der Waals surface area contributed by atoms with Gasteiger partial charge in [0.2, 0.25) is 11.8 Å². The lowest BCUT2D eigenvalue weighted by Crippen LogP contribution is -2.43. The number of hydrogen-bond acceptors (Lipinski definition) is 5. The minimum absolute atomic E-state index is 0.222. The Morgan fingerprint density at radius 1 is 1.03 bits per heavy atom. The molecule has 1 atom stereocenters. The van der Waals surface area contributed by atoms with Gasteiger partial charge in [-0.1, -0.05) is 12.8 Å². The molecule has 4 aliphatic rings. The van der Waals surface area contributed by atoms with Crippen molar-refractivity contribution in [3.8, 4) is 0 Å². The summed E-state index contributed by atoms with van der Waals surface area (Å²) in [5.74, 6) is 2.47. The molecule has 0 aromatic carbocycles. The molecule has 1 aliphatic carbocycles. The first-order valence-electron chi connectivity index (χ1n) is 12.7. The average molecular weight is 441 g/mol. The summed E-state index contributed by atoms with van der Waals surface area (Å²) < 4.78 is 5.66. The van der Waals surface area contributed by atoms with Crippen molar-refractivity contribution in [2.24, 2.45) is 0 Å². The van der Waals surface area contributed by atoms with E-state index in [4.69, 9.17) is 14.7 Å². The van der Waals surface area contributed by atoms with E-state index in [2.05, 4.69) is 6.92 Å². The number of rotatable bonds is 5. The summed E-state index contributed by atoms with van der Waals surface area (Å²) in [6, 6.07) is 0.298. The Kier molecular flexibility index (Phi) is 6.44. The lowest BCUT2D eigenvalue weighted by molar-refractivity contribution is -0.133. The predicted octanol–water partition coefficient (Wildman–Crippen LogP) is 3.67. The summed E-state index contributed by atoms with van der Waals surface area (Å²) in [6.45, 7) is 4.43. The van der Waals surface area contributed by atoms with Crippen molar-refractivity contribution in [3.63, 3.8) is 0 Å². The molecule has 2 amide bonds. The Labute approximate surface area is 190 Å². The summed E-state index contributed by atoms with van der Waals surface area (Å²) in [4.78, 5) is 39.4. The van der Waals surface area contributed by atoms with Crippen LogP contribution in [0.15, 0.2) is 0 Å². The Bertz CT molecular complexity index is 853. The molecule has 174 valence electrons. The number of aryl methyl sites for hydroxylation is 1. The van der Waals surface area contributed by atoms with Crippen molar-refractivity contribution in [3.05, 3.63) is 17.1 Å². The van der Waals surface area contributed by atoms with Gasteiger partial charge in [-0.25, -0.2) is 9.97 Å². The molecule has 0 spiro atoms. The molecule has 1 aromatic heterocycles. The Morgan fingerprint density at radius 2 is 1.81 bits per heavy atom. The number of carbonyl (C=O) groups is 2. The number of anilines is 1. The third kappa shape index (κ3) is 4.41. The van der Waals surface area contributed by atoms with E-state index in [0.717, 1.165) is 94.0 Å². The maximum absolute atomic E-state index is 12.8. The lowest BCUT2D eigenvalue weighted by Gasteiger charge is -2.35. The van der Waals surface area contributed by atoms with Gasteiger partial charge in [-0.05, 0) is 58.3 Å². The normalized spacial score (nSPS) is 24.9. The summed E-state index contributed by atoms with van der Waals surface area (Å²) in [7, 11) is 0. The predicted molar refractivity (Wildman–Crippen MR) is 122 cm³/mol. The number of carbonyl (C=O) groups excluding carboxylic acids is 2. The quantitative estimate of drug-likeness (QED) is 0.698. The first kappa shape index (κ1) is 21.8. The molecular formula is C25H36N4O3. The maximum atomic E-state index is 12.8. The topological polar surface area (TPSA) is 75.6 Å². The third-order valence-electron chi connectivity index (χ3n) is 7.90. The first-order valence-corrected chi connectivity index (χ1v) is 12.7. The zero-order valence-electron chi connectivity index (χ0n) is 19.4. The number of likely N-dealkylation sites (tertiary alicyclic amines) is 1. The Morgan fingerprint density at radius 3 is 2.53 bits per heavy atom. The van der Waals surface area contributed by atoms with Crippen molar-refractivity contribution in [1.82, 2.24) is 14.9 Å². The van der Waals surface area contributed by atoms with E-state index in [0.29, 0.717) is 18.9 Å². The summed E-state index contributed by atoms with van der Waals surface area (Å²) in [6.07, 6.45) is 11.6. The van der Waals surface area contributed by atoms with Crippen LogP contribution in [0.5, 0.6) is 0 Å². The van der Waals surface area contributed by atoms with E-state index < -0.39 is 0 Å². The minimum atomic E-state index is 0.222. The second-order valence-corrected chi connectivity index (χ2v) is 10.0. The van der Waals surface area contributed by atoms with Crippen molar-refractivity contribution < 1.29 is 14.3 Å². The van der Waals surface area contributed by atoms with Gasteiger partial charge < -0.3 is 9.64 Å². The Hall–Kier alpha value is -2.02. The van der Waals surface area contributed by atoms with Gasteiger partial charge in [0.15, 0.2) is 0 Å². The largest absolute Gasteiger partial charge is 0.378 e. The van der Waals surface area contributed by atoms with Gasteiger partial charge in [0.1, 0.15) is 11.6 Å². The second kappa shape index (κ2) is 9.46. The molecule has 4 heterocycles. The zero-order chi connectivity index (χ0) is 22.1. The highest BCUT2D eigenvalue weighted by Crippen LogP contribution is 2.36. The third-order valence-corrected chi connectivity index (χ3v) is 7.90. The zero-order valence-corrected chi connectivity index (χ0v) is 19.4. The van der Waals surface area contributed by atoms with E-state index in [1.807, 2.05) is 9.80 Å². The van der Waals surface area contributed by atoms with Crippen LogP contribution < -0.4 is 4.90 Å². The van der Waals surface area contributed by atoms with Crippen LogP contribution in [0.3, 0.4) is 0 Å². The molecular weight excluding hydrogens is 404 g/mol. The lowest BCUT2D eigenvalue weighted by atomic mass is 9.94. The first-order chi connectivity index (χ1) is 15.6. The van der Waals surface area contributed by atoms with Crippen molar-refractivity contribution >= 4 is 17.6 Å². The van der Waals surface area contributed by atoms with Crippen LogP contribution >= 0.6 is 0 Å². The standard InChI is InChI=1S/C25H36N4O3/c1-17-21-9-11-23(31)29(19-5-2-3-6-19)25(21)27-24(26-17)18-12-14-28(15-13-18)22(30)10-8-20-7-4-16-32-20/h18-20H,2-16H2,1H3/t20-/m0/s1. The second-order valence-electron chi connectivity index (χ2n) is 10.0. The molecule has 1 aromatic rings. The van der Waals surface area contributed by atoms with Crippen molar-refractivity contribution in [2.75, 3.05) is 24.6 Å². The smallest absolute Gasteiger partial charge is 0.228 e. The van der Waals surface area contributed by atoms with E-state index in [1.54, 1.807) is 0 Å². The fourth-order valence-electron chi connectivity index (χ4n) is 5.99. The molecule has 1 saturated carbocycles. The summed E-state index contributed by atoms with van der Waals surface area (Å²) in [5, 5.41) is 0. The van der Waals surface area contributed by atoms with E-state index in [1.165, 1.54) is 12.8 Å². The number of aromatic nitrogens is 2. The van der Waals surface area contributed by atoms with Gasteiger partial charge in [-0.15, -0.1) is 0 Å². The van der Waals surface area contributed by atoms with Gasteiger partial charge in [-0.3, -0.25) is 14.5 Å². The van der Waals surface area contributed by atoms with Crippen LogP contribution in [0.1, 0.15) is 93.6 Å². The highest BCUT2D eigenvalue weighted by atomic mass is 16.5. The molecule has 0 unspecified atom stereocenters. The molecule has 0 N–H and O–H groups in total. The number of amides is 2. The summed E-state index contributed by atoms with van der Waals surface area (Å²) >= 11 is 0. The van der Waals surface area contributed by atoms with E-state index in [9.17, 15) is 9.59 Å². The molecule has 7 nitrogen and oxygen atoms in total. The van der Waals surface area contributed by atoms with Gasteiger partial charge in [0.05, 0.1) is 6.10 Å². The fraction of sp³-hybridized carbons (Fsp3) is 0.760. The van der Waals surface area contributed by atoms with Gasteiger partial charge in [0, 0.05) is 55.8 Å². The van der Waals surface area contributed by atoms with Gasteiger partial charge >= 0.3 is 0 Å². The summed E-state index contributed by atoms with van der Waals surface area (Å²) in [5.41, 5.74) is 2.18. The van der Waals surface area contributed by atoms with E-state index >= 15 is 0 Å². The van der Waals surface area contributed by atoms with Gasteiger partial charge in [-0.2, -0.15) is 0 Å². The number of nitrogens with zero attached hydrogens (tertiary/aromatic N) is 4. The minimum Gasteiger partial charge on any atom is -0.378 e. The van der Waals surface area contributed by atoms with E-state index in [-0.39, 0.29) is 23.8 Å². The number of fused-ring (bicyclic) bond motifs is 1. The molecule has 2 saturated heterocycles. The molecule has 32 heavy (non-hydrogen) atoms. The van der Waals surface area contributed by atoms with Crippen LogP contribution in [-0.4, -0.2) is 58.5 Å². The van der Waals surface area contributed by atoms with Crippen LogP contribution in [0.4, 0.5) is 5.82 Å². The molecule has 5 rings (SSSR count). The highest BCUT2D eigenvalue weighted by molar-refractivity contribution is 5.96. The average Bonchev–Trinajstić information content (AvgIpc) is 3.52. The van der Waals surface area contributed by atoms with Gasteiger partial charge in [0.25, 0.3) is 0 Å². The number of hydrogen-bond donors (Lipinski definition) is 0.